The van der Waals surface area contributed by atoms with Crippen LogP contribution in [0.25, 0.3) is 0 Å². The van der Waals surface area contributed by atoms with E-state index in [0.29, 0.717) is 32.4 Å². The Labute approximate surface area is 245 Å². The van der Waals surface area contributed by atoms with Gasteiger partial charge in [0.2, 0.25) is 5.91 Å². The molecular weight excluding hydrogens is 536 g/mol. The van der Waals surface area contributed by atoms with E-state index in [9.17, 15) is 14.7 Å². The van der Waals surface area contributed by atoms with Crippen LogP contribution in [0.2, 0.25) is 18.6 Å². The normalized spacial score (nSPS) is 24.5. The molecule has 0 bridgehead atoms. The van der Waals surface area contributed by atoms with Crippen LogP contribution in [0.15, 0.2) is 42.5 Å². The van der Waals surface area contributed by atoms with Gasteiger partial charge >= 0.3 is 0 Å². The first-order valence-corrected chi connectivity index (χ1v) is 18.2. The number of rotatable bonds is 14. The SMILES string of the molecule is CCOc1ccc2c(c1)CC(NCCCCO)C(=O)N2c1cccc(CC[C@@H]2O[C@H](CCO)[C@@H]([Si](C)(C)O)[C@@H]2C)c1. The maximum Gasteiger partial charge on any atom is 0.249 e. The first-order valence-electron chi connectivity index (χ1n) is 15.2. The van der Waals surface area contributed by atoms with E-state index in [1.807, 2.05) is 55.2 Å². The number of anilines is 2. The molecule has 0 aromatic heterocycles. The lowest BCUT2D eigenvalue weighted by Crippen LogP contribution is -2.49. The minimum atomic E-state index is -2.45. The fourth-order valence-corrected chi connectivity index (χ4v) is 9.34. The number of carbonyl (C=O) groups excluding carboxylic acids is 1. The Hall–Kier alpha value is -2.27. The van der Waals surface area contributed by atoms with Crippen molar-refractivity contribution >= 4 is 25.6 Å². The van der Waals surface area contributed by atoms with E-state index in [1.165, 1.54) is 0 Å². The molecule has 9 heteroatoms. The summed E-state index contributed by atoms with van der Waals surface area (Å²) in [5.74, 6) is 1.03. The van der Waals surface area contributed by atoms with Crippen LogP contribution in [0.5, 0.6) is 5.75 Å². The van der Waals surface area contributed by atoms with Crippen LogP contribution in [-0.2, 0) is 22.4 Å². The monoisotopic (exact) mass is 584 g/mol. The molecule has 0 spiro atoms. The summed E-state index contributed by atoms with van der Waals surface area (Å²) >= 11 is 0. The lowest BCUT2D eigenvalue weighted by Gasteiger charge is -2.35. The van der Waals surface area contributed by atoms with E-state index in [2.05, 4.69) is 24.4 Å². The first-order chi connectivity index (χ1) is 19.7. The van der Waals surface area contributed by atoms with E-state index < -0.39 is 8.32 Å². The van der Waals surface area contributed by atoms with Crippen LogP contribution in [0.1, 0.15) is 50.7 Å². The quantitative estimate of drug-likeness (QED) is 0.193. The minimum Gasteiger partial charge on any atom is -0.494 e. The highest BCUT2D eigenvalue weighted by molar-refractivity contribution is 6.71. The highest BCUT2D eigenvalue weighted by Crippen LogP contribution is 2.45. The average molecular weight is 585 g/mol. The fraction of sp³-hybridized carbons (Fsp3) is 0.594. The number of carbonyl (C=O) groups is 1. The summed E-state index contributed by atoms with van der Waals surface area (Å²) in [5, 5.41) is 22.1. The van der Waals surface area contributed by atoms with Gasteiger partial charge in [0.1, 0.15) is 5.75 Å². The number of aliphatic hydroxyl groups is 2. The zero-order chi connectivity index (χ0) is 29.6. The maximum atomic E-state index is 13.8. The molecule has 2 aliphatic heterocycles. The largest absolute Gasteiger partial charge is 0.494 e. The Kier molecular flexibility index (Phi) is 11.0. The molecule has 1 saturated heterocycles. The molecule has 0 aliphatic carbocycles. The third kappa shape index (κ3) is 7.58. The molecule has 2 aromatic rings. The van der Waals surface area contributed by atoms with Gasteiger partial charge in [0.05, 0.1) is 30.5 Å². The van der Waals surface area contributed by atoms with Crippen molar-refractivity contribution in [2.45, 2.75) is 89.3 Å². The molecule has 1 amide bonds. The Morgan fingerprint density at radius 3 is 2.59 bits per heavy atom. The average Bonchev–Trinajstić information content (AvgIpc) is 3.25. The first kappa shape index (κ1) is 31.7. The molecule has 4 rings (SSSR count). The summed E-state index contributed by atoms with van der Waals surface area (Å²) in [7, 11) is -2.45. The van der Waals surface area contributed by atoms with E-state index >= 15 is 0 Å². The molecule has 226 valence electrons. The van der Waals surface area contributed by atoms with Gasteiger partial charge in [-0.1, -0.05) is 19.1 Å². The standard InChI is InChI=1S/C32H48N2O6Si/c1-5-39-26-12-13-28-24(20-26)21-27(33-16-6-7-17-35)32(37)34(28)25-10-8-9-23(19-25)11-14-29-22(2)31(41(3,4)38)30(40-29)15-18-36/h8-10,12-13,19-20,22,27,29-31,33,35-36,38H,5-7,11,14-18,21H2,1-4H3/t22-,27?,29+,30-,31+/m1/s1. The molecular formula is C32H48N2O6Si. The van der Waals surface area contributed by atoms with Gasteiger partial charge in [-0.15, -0.1) is 0 Å². The predicted molar refractivity (Wildman–Crippen MR) is 164 cm³/mol. The zero-order valence-corrected chi connectivity index (χ0v) is 26.0. The number of aryl methyl sites for hydroxylation is 1. The summed E-state index contributed by atoms with van der Waals surface area (Å²) in [5.41, 5.74) is 3.99. The molecule has 1 unspecified atom stereocenters. The van der Waals surface area contributed by atoms with Crippen LogP contribution in [0, 0.1) is 5.92 Å². The van der Waals surface area contributed by atoms with Crippen LogP contribution in [-0.4, -0.2) is 73.8 Å². The van der Waals surface area contributed by atoms with E-state index in [1.54, 1.807) is 0 Å². The number of fused-ring (bicyclic) bond motifs is 1. The van der Waals surface area contributed by atoms with Gasteiger partial charge in [-0.25, -0.2) is 0 Å². The van der Waals surface area contributed by atoms with Crippen molar-refractivity contribution in [1.82, 2.24) is 5.32 Å². The van der Waals surface area contributed by atoms with Gasteiger partial charge in [0.25, 0.3) is 0 Å². The number of aliphatic hydroxyl groups excluding tert-OH is 2. The third-order valence-electron chi connectivity index (χ3n) is 8.54. The molecule has 5 atom stereocenters. The molecule has 41 heavy (non-hydrogen) atoms. The molecule has 0 radical (unpaired) electrons. The maximum absolute atomic E-state index is 13.8. The highest BCUT2D eigenvalue weighted by Gasteiger charge is 2.49. The van der Waals surface area contributed by atoms with Crippen molar-refractivity contribution in [2.24, 2.45) is 5.92 Å². The van der Waals surface area contributed by atoms with Gasteiger partial charge in [0.15, 0.2) is 8.32 Å². The Balaban J connectivity index is 1.54. The Morgan fingerprint density at radius 1 is 1.07 bits per heavy atom. The Bertz CT molecular complexity index is 1160. The third-order valence-corrected chi connectivity index (χ3v) is 11.1. The highest BCUT2D eigenvalue weighted by atomic mass is 28.4. The molecule has 2 aliphatic rings. The molecule has 1 fully saturated rings. The van der Waals surface area contributed by atoms with Crippen molar-refractivity contribution in [3.8, 4) is 5.75 Å². The molecule has 8 nitrogen and oxygen atoms in total. The summed E-state index contributed by atoms with van der Waals surface area (Å²) in [6.45, 7) is 9.51. The number of ether oxygens (including phenoxy) is 2. The number of amides is 1. The van der Waals surface area contributed by atoms with Gasteiger partial charge in [0, 0.05) is 24.4 Å². The second-order valence-corrected chi connectivity index (χ2v) is 16.0. The summed E-state index contributed by atoms with van der Waals surface area (Å²) in [6, 6.07) is 13.7. The van der Waals surface area contributed by atoms with Crippen molar-refractivity contribution in [1.29, 1.82) is 0 Å². The number of benzene rings is 2. The second-order valence-electron chi connectivity index (χ2n) is 12.0. The lowest BCUT2D eigenvalue weighted by molar-refractivity contribution is -0.120. The second kappa shape index (κ2) is 14.3. The van der Waals surface area contributed by atoms with Gasteiger partial charge in [-0.3, -0.25) is 9.69 Å². The molecule has 2 aromatic carbocycles. The number of hydrogen-bond acceptors (Lipinski definition) is 7. The van der Waals surface area contributed by atoms with Gasteiger partial charge in [-0.2, -0.15) is 0 Å². The smallest absolute Gasteiger partial charge is 0.249 e. The summed E-state index contributed by atoms with van der Waals surface area (Å²) in [4.78, 5) is 26.6. The predicted octanol–water partition coefficient (Wildman–Crippen LogP) is 4.32. The van der Waals surface area contributed by atoms with Crippen LogP contribution < -0.4 is 15.0 Å². The summed E-state index contributed by atoms with van der Waals surface area (Å²) < 4.78 is 12.2. The number of unbranched alkanes of at least 4 members (excludes halogenated alkanes) is 1. The molecule has 0 saturated carbocycles. The number of nitrogens with zero attached hydrogens (tertiary/aromatic N) is 1. The molecule has 4 N–H and O–H groups in total. The zero-order valence-electron chi connectivity index (χ0n) is 25.0. The molecule has 2 heterocycles. The van der Waals surface area contributed by atoms with E-state index in [0.717, 1.165) is 47.5 Å². The topological polar surface area (TPSA) is 111 Å². The minimum absolute atomic E-state index is 0.0142. The lowest BCUT2D eigenvalue weighted by atomic mass is 9.94. The van der Waals surface area contributed by atoms with Crippen molar-refractivity contribution < 1.29 is 29.3 Å². The van der Waals surface area contributed by atoms with Crippen LogP contribution in [0.4, 0.5) is 11.4 Å². The van der Waals surface area contributed by atoms with Gasteiger partial charge < -0.3 is 29.8 Å². The van der Waals surface area contributed by atoms with E-state index in [4.69, 9.17) is 14.6 Å². The van der Waals surface area contributed by atoms with Crippen LogP contribution >= 0.6 is 0 Å². The number of hydrogen-bond donors (Lipinski definition) is 4. The fourth-order valence-electron chi connectivity index (χ4n) is 6.69. The van der Waals surface area contributed by atoms with Gasteiger partial charge in [-0.05, 0) is 112 Å². The summed E-state index contributed by atoms with van der Waals surface area (Å²) in [6.07, 6.45) is 4.15. The van der Waals surface area contributed by atoms with Crippen molar-refractivity contribution in [3.63, 3.8) is 0 Å². The van der Waals surface area contributed by atoms with Crippen molar-refractivity contribution in [2.75, 3.05) is 31.3 Å². The van der Waals surface area contributed by atoms with Crippen LogP contribution in [0.3, 0.4) is 0 Å². The van der Waals surface area contributed by atoms with E-state index in [-0.39, 0.29) is 48.8 Å². The van der Waals surface area contributed by atoms with Crippen molar-refractivity contribution in [3.05, 3.63) is 53.6 Å². The number of nitrogens with one attached hydrogen (secondary N) is 1. The Morgan fingerprint density at radius 2 is 1.88 bits per heavy atom.